The van der Waals surface area contributed by atoms with Crippen LogP contribution < -0.4 is 10.5 Å². The van der Waals surface area contributed by atoms with E-state index in [-0.39, 0.29) is 18.3 Å². The molecule has 0 aliphatic carbocycles. The summed E-state index contributed by atoms with van der Waals surface area (Å²) in [5.74, 6) is 1.26. The van der Waals surface area contributed by atoms with Crippen molar-refractivity contribution in [2.45, 2.75) is 33.2 Å². The Labute approximate surface area is 134 Å². The highest BCUT2D eigenvalue weighted by Gasteiger charge is 2.18. The molecule has 0 saturated carbocycles. The third-order valence-electron chi connectivity index (χ3n) is 3.20. The Balaban J connectivity index is 0.00000400. The van der Waals surface area contributed by atoms with Crippen molar-refractivity contribution < 1.29 is 9.53 Å². The zero-order valence-electron chi connectivity index (χ0n) is 13.3. The lowest BCUT2D eigenvalue weighted by Gasteiger charge is -2.22. The van der Waals surface area contributed by atoms with Crippen LogP contribution in [0, 0.1) is 12.8 Å². The summed E-state index contributed by atoms with van der Waals surface area (Å²) in [4.78, 5) is 13.7. The molecule has 1 aromatic rings. The van der Waals surface area contributed by atoms with E-state index in [4.69, 9.17) is 10.5 Å². The van der Waals surface area contributed by atoms with Crippen molar-refractivity contribution >= 4 is 18.3 Å². The normalized spacial score (nSPS) is 11.7. The van der Waals surface area contributed by atoms with Gasteiger partial charge < -0.3 is 15.4 Å². The first kappa shape index (κ1) is 19.7. The molecule has 0 aromatic heterocycles. The van der Waals surface area contributed by atoms with Gasteiger partial charge in [-0.3, -0.25) is 4.79 Å². The Morgan fingerprint density at radius 1 is 1.33 bits per heavy atom. The molecule has 0 aliphatic heterocycles. The lowest BCUT2D eigenvalue weighted by Crippen LogP contribution is -2.43. The van der Waals surface area contributed by atoms with Crippen LogP contribution in [0.5, 0.6) is 5.75 Å². The van der Waals surface area contributed by atoms with Gasteiger partial charge in [0.2, 0.25) is 5.91 Å². The third kappa shape index (κ3) is 6.82. The van der Waals surface area contributed by atoms with Crippen LogP contribution in [-0.2, 0) is 4.79 Å². The van der Waals surface area contributed by atoms with Crippen molar-refractivity contribution in [3.8, 4) is 5.75 Å². The number of nitrogens with zero attached hydrogens (tertiary/aromatic N) is 1. The van der Waals surface area contributed by atoms with Gasteiger partial charge in [-0.15, -0.1) is 12.4 Å². The monoisotopic (exact) mass is 314 g/mol. The van der Waals surface area contributed by atoms with Crippen LogP contribution in [0.2, 0.25) is 0 Å². The molecule has 1 rings (SSSR count). The van der Waals surface area contributed by atoms with E-state index in [1.54, 1.807) is 11.9 Å². The fourth-order valence-corrected chi connectivity index (χ4v) is 2.01. The van der Waals surface area contributed by atoms with Crippen molar-refractivity contribution in [3.05, 3.63) is 29.8 Å². The number of ether oxygens (including phenoxy) is 1. The molecule has 2 N–H and O–H groups in total. The number of hydrogen-bond acceptors (Lipinski definition) is 3. The molecular weight excluding hydrogens is 288 g/mol. The zero-order valence-corrected chi connectivity index (χ0v) is 14.2. The van der Waals surface area contributed by atoms with Crippen LogP contribution in [0.3, 0.4) is 0 Å². The lowest BCUT2D eigenvalue weighted by molar-refractivity contribution is -0.131. The van der Waals surface area contributed by atoms with E-state index in [1.165, 1.54) is 0 Å². The maximum Gasteiger partial charge on any atom is 0.239 e. The summed E-state index contributed by atoms with van der Waals surface area (Å²) in [7, 11) is 1.77. The number of rotatable bonds is 7. The fourth-order valence-electron chi connectivity index (χ4n) is 2.01. The first-order chi connectivity index (χ1) is 9.41. The highest BCUT2D eigenvalue weighted by Crippen LogP contribution is 2.15. The predicted octanol–water partition coefficient (Wildman–Crippen LogP) is 2.63. The number of halogens is 1. The van der Waals surface area contributed by atoms with Gasteiger partial charge in [0, 0.05) is 7.05 Å². The molecule has 0 spiro atoms. The smallest absolute Gasteiger partial charge is 0.239 e. The van der Waals surface area contributed by atoms with Gasteiger partial charge in [-0.05, 0) is 30.9 Å². The second-order valence-electron chi connectivity index (χ2n) is 5.61. The van der Waals surface area contributed by atoms with E-state index in [0.29, 0.717) is 25.5 Å². The molecule has 1 amide bonds. The molecular formula is C16H27ClN2O2. The molecule has 21 heavy (non-hydrogen) atoms. The minimum Gasteiger partial charge on any atom is -0.491 e. The van der Waals surface area contributed by atoms with Crippen LogP contribution in [0.15, 0.2) is 24.3 Å². The Morgan fingerprint density at radius 3 is 2.52 bits per heavy atom. The number of hydrogen-bond donors (Lipinski definition) is 1. The van der Waals surface area contributed by atoms with Gasteiger partial charge in [-0.2, -0.15) is 0 Å². The number of aryl methyl sites for hydroxylation is 1. The molecule has 4 nitrogen and oxygen atoms in total. The number of nitrogens with two attached hydrogens (primary N) is 1. The number of amides is 1. The first-order valence-electron chi connectivity index (χ1n) is 7.10. The lowest BCUT2D eigenvalue weighted by atomic mass is 10.0. The van der Waals surface area contributed by atoms with Gasteiger partial charge in [0.25, 0.3) is 0 Å². The quantitative estimate of drug-likeness (QED) is 0.841. The van der Waals surface area contributed by atoms with Gasteiger partial charge >= 0.3 is 0 Å². The predicted molar refractivity (Wildman–Crippen MR) is 89.0 cm³/mol. The second kappa shape index (κ2) is 9.64. The molecule has 120 valence electrons. The van der Waals surface area contributed by atoms with E-state index in [2.05, 4.69) is 13.8 Å². The van der Waals surface area contributed by atoms with E-state index in [9.17, 15) is 4.79 Å². The average molecular weight is 315 g/mol. The van der Waals surface area contributed by atoms with Crippen molar-refractivity contribution in [1.29, 1.82) is 0 Å². The number of benzene rings is 1. The van der Waals surface area contributed by atoms with Crippen LogP contribution in [0.1, 0.15) is 25.8 Å². The van der Waals surface area contributed by atoms with Crippen LogP contribution >= 0.6 is 12.4 Å². The average Bonchev–Trinajstić information content (AvgIpc) is 2.39. The van der Waals surface area contributed by atoms with E-state index >= 15 is 0 Å². The number of para-hydroxylation sites is 1. The Morgan fingerprint density at radius 2 is 1.95 bits per heavy atom. The summed E-state index contributed by atoms with van der Waals surface area (Å²) in [6.45, 7) is 7.14. The summed E-state index contributed by atoms with van der Waals surface area (Å²) >= 11 is 0. The third-order valence-corrected chi connectivity index (χ3v) is 3.20. The zero-order chi connectivity index (χ0) is 15.1. The van der Waals surface area contributed by atoms with E-state index < -0.39 is 6.04 Å². The van der Waals surface area contributed by atoms with Crippen molar-refractivity contribution in [2.75, 3.05) is 20.2 Å². The van der Waals surface area contributed by atoms with Crippen LogP contribution in [0.25, 0.3) is 0 Å². The topological polar surface area (TPSA) is 55.6 Å². The molecule has 0 fully saturated rings. The fraction of sp³-hybridized carbons (Fsp3) is 0.562. The highest BCUT2D eigenvalue weighted by atomic mass is 35.5. The van der Waals surface area contributed by atoms with Crippen molar-refractivity contribution in [3.63, 3.8) is 0 Å². The summed E-state index contributed by atoms with van der Waals surface area (Å²) in [6.07, 6.45) is 0.710. The molecule has 5 heteroatoms. The Bertz CT molecular complexity index is 438. The van der Waals surface area contributed by atoms with Gasteiger partial charge in [0.05, 0.1) is 12.6 Å². The molecule has 0 radical (unpaired) electrons. The van der Waals surface area contributed by atoms with E-state index in [1.807, 2.05) is 31.2 Å². The molecule has 0 aliphatic rings. The van der Waals surface area contributed by atoms with Gasteiger partial charge in [0.1, 0.15) is 12.4 Å². The Hall–Kier alpha value is -1.26. The maximum absolute atomic E-state index is 12.0. The number of carbonyl (C=O) groups is 1. The summed E-state index contributed by atoms with van der Waals surface area (Å²) in [5, 5.41) is 0. The van der Waals surface area contributed by atoms with Gasteiger partial charge in [0.15, 0.2) is 0 Å². The number of carbonyl (C=O) groups excluding carboxylic acids is 1. The summed E-state index contributed by atoms with van der Waals surface area (Å²) in [6, 6.07) is 7.43. The number of likely N-dealkylation sites (N-methyl/N-ethyl adjacent to an activating group) is 1. The largest absolute Gasteiger partial charge is 0.491 e. The van der Waals surface area contributed by atoms with Crippen LogP contribution in [0.4, 0.5) is 0 Å². The SMILES string of the molecule is Cc1ccccc1OCCN(C)C(=O)[C@@H](N)CC(C)C.Cl. The highest BCUT2D eigenvalue weighted by molar-refractivity contribution is 5.85. The van der Waals surface area contributed by atoms with E-state index in [0.717, 1.165) is 11.3 Å². The van der Waals surface area contributed by atoms with Gasteiger partial charge in [-0.25, -0.2) is 0 Å². The standard InChI is InChI=1S/C16H26N2O2.ClH/c1-12(2)11-14(17)16(19)18(4)9-10-20-15-8-6-5-7-13(15)3;/h5-8,12,14H,9-11,17H2,1-4H3;1H/t14-;/m0./s1. The minimum atomic E-state index is -0.418. The first-order valence-corrected chi connectivity index (χ1v) is 7.10. The maximum atomic E-state index is 12.0. The minimum absolute atomic E-state index is 0. The molecule has 0 saturated heterocycles. The summed E-state index contributed by atoms with van der Waals surface area (Å²) < 4.78 is 5.68. The molecule has 0 heterocycles. The second-order valence-corrected chi connectivity index (χ2v) is 5.61. The summed E-state index contributed by atoms with van der Waals surface area (Å²) in [5.41, 5.74) is 6.99. The molecule has 1 atom stereocenters. The van der Waals surface area contributed by atoms with Crippen molar-refractivity contribution in [1.82, 2.24) is 4.90 Å². The van der Waals surface area contributed by atoms with Crippen LogP contribution in [-0.4, -0.2) is 37.0 Å². The molecule has 1 aromatic carbocycles. The van der Waals surface area contributed by atoms with Crippen molar-refractivity contribution in [2.24, 2.45) is 11.7 Å². The molecule has 0 bridgehead atoms. The Kier molecular flexibility index (Phi) is 9.06. The van der Waals surface area contributed by atoms with Gasteiger partial charge in [-0.1, -0.05) is 32.0 Å². The molecule has 0 unspecified atom stereocenters.